The van der Waals surface area contributed by atoms with E-state index in [0.717, 1.165) is 11.3 Å². The zero-order valence-electron chi connectivity index (χ0n) is 7.09. The summed E-state index contributed by atoms with van der Waals surface area (Å²) in [6.07, 6.45) is 5.15. The second kappa shape index (κ2) is 3.23. The Balaban J connectivity index is 2.38. The Bertz CT molecular complexity index is 387. The summed E-state index contributed by atoms with van der Waals surface area (Å²) in [6.45, 7) is 3.69. The molecule has 1 aromatic carbocycles. The number of benzene rings is 1. The van der Waals surface area contributed by atoms with Gasteiger partial charge < -0.3 is 0 Å². The summed E-state index contributed by atoms with van der Waals surface area (Å²) in [7, 11) is 0. The molecule has 3 nitrogen and oxygen atoms in total. The SMILES string of the molecule is C=Cc1ccc(-n2cnnc2)cc1. The van der Waals surface area contributed by atoms with Crippen LogP contribution < -0.4 is 0 Å². The van der Waals surface area contributed by atoms with Crippen LogP contribution in [0.4, 0.5) is 0 Å². The Labute approximate surface area is 76.4 Å². The van der Waals surface area contributed by atoms with Gasteiger partial charge in [0.15, 0.2) is 0 Å². The highest BCUT2D eigenvalue weighted by atomic mass is 15.2. The molecule has 0 saturated heterocycles. The van der Waals surface area contributed by atoms with E-state index in [1.807, 2.05) is 34.9 Å². The molecule has 0 amide bonds. The lowest BCUT2D eigenvalue weighted by Gasteiger charge is -2.00. The van der Waals surface area contributed by atoms with Crippen LogP contribution in [0.1, 0.15) is 5.56 Å². The molecule has 0 saturated carbocycles. The molecule has 0 N–H and O–H groups in total. The topological polar surface area (TPSA) is 30.7 Å². The molecule has 3 heteroatoms. The van der Waals surface area contributed by atoms with E-state index in [1.165, 1.54) is 0 Å². The zero-order valence-corrected chi connectivity index (χ0v) is 7.09. The zero-order chi connectivity index (χ0) is 9.10. The van der Waals surface area contributed by atoms with Crippen molar-refractivity contribution in [2.75, 3.05) is 0 Å². The van der Waals surface area contributed by atoms with E-state index in [0.29, 0.717) is 0 Å². The highest BCUT2D eigenvalue weighted by Crippen LogP contribution is 2.08. The average molecular weight is 171 g/mol. The van der Waals surface area contributed by atoms with Crippen LogP contribution in [-0.2, 0) is 0 Å². The molecule has 0 aliphatic carbocycles. The van der Waals surface area contributed by atoms with E-state index < -0.39 is 0 Å². The molecule has 2 aromatic rings. The normalized spacial score (nSPS) is 9.85. The number of rotatable bonds is 2. The molecule has 1 heterocycles. The lowest BCUT2D eigenvalue weighted by Crippen LogP contribution is -1.88. The Morgan fingerprint density at radius 2 is 1.69 bits per heavy atom. The van der Waals surface area contributed by atoms with E-state index in [1.54, 1.807) is 12.7 Å². The Hall–Kier alpha value is -1.90. The van der Waals surface area contributed by atoms with E-state index in [4.69, 9.17) is 0 Å². The van der Waals surface area contributed by atoms with Gasteiger partial charge in [-0.15, -0.1) is 10.2 Å². The highest BCUT2D eigenvalue weighted by Gasteiger charge is 1.93. The van der Waals surface area contributed by atoms with E-state index >= 15 is 0 Å². The van der Waals surface area contributed by atoms with Crippen molar-refractivity contribution in [2.45, 2.75) is 0 Å². The molecule has 1 aromatic heterocycles. The van der Waals surface area contributed by atoms with Crippen LogP contribution in [0.3, 0.4) is 0 Å². The van der Waals surface area contributed by atoms with Gasteiger partial charge in [-0.05, 0) is 17.7 Å². The van der Waals surface area contributed by atoms with Crippen molar-refractivity contribution in [3.63, 3.8) is 0 Å². The quantitative estimate of drug-likeness (QED) is 0.691. The van der Waals surface area contributed by atoms with E-state index in [2.05, 4.69) is 16.8 Å². The molecule has 0 aliphatic rings. The van der Waals surface area contributed by atoms with Gasteiger partial charge in [-0.3, -0.25) is 4.57 Å². The maximum atomic E-state index is 3.73. The van der Waals surface area contributed by atoms with Gasteiger partial charge in [-0.2, -0.15) is 0 Å². The lowest BCUT2D eigenvalue weighted by molar-refractivity contribution is 1.06. The van der Waals surface area contributed by atoms with Crippen LogP contribution >= 0.6 is 0 Å². The third-order valence-corrected chi connectivity index (χ3v) is 1.85. The molecular formula is C10H9N3. The molecule has 0 spiro atoms. The number of hydrogen-bond acceptors (Lipinski definition) is 2. The van der Waals surface area contributed by atoms with Gasteiger partial charge in [0.25, 0.3) is 0 Å². The first kappa shape index (κ1) is 7.73. The van der Waals surface area contributed by atoms with Crippen molar-refractivity contribution in [1.29, 1.82) is 0 Å². The van der Waals surface area contributed by atoms with Gasteiger partial charge in [-0.1, -0.05) is 24.8 Å². The Morgan fingerprint density at radius 1 is 1.08 bits per heavy atom. The maximum absolute atomic E-state index is 3.73. The first-order valence-electron chi connectivity index (χ1n) is 3.97. The van der Waals surface area contributed by atoms with Crippen molar-refractivity contribution in [2.24, 2.45) is 0 Å². The minimum Gasteiger partial charge on any atom is -0.288 e. The van der Waals surface area contributed by atoms with Crippen LogP contribution in [0.25, 0.3) is 11.8 Å². The molecule has 0 radical (unpaired) electrons. The molecule has 0 unspecified atom stereocenters. The van der Waals surface area contributed by atoms with Gasteiger partial charge >= 0.3 is 0 Å². The Morgan fingerprint density at radius 3 is 2.23 bits per heavy atom. The Kier molecular flexibility index (Phi) is 1.92. The molecular weight excluding hydrogens is 162 g/mol. The minimum absolute atomic E-state index is 1.05. The fourth-order valence-corrected chi connectivity index (χ4v) is 1.12. The summed E-state index contributed by atoms with van der Waals surface area (Å²) in [5.74, 6) is 0. The monoisotopic (exact) mass is 171 g/mol. The standard InChI is InChI=1S/C10H9N3/c1-2-9-3-5-10(6-4-9)13-7-11-12-8-13/h2-8H,1H2. The van der Waals surface area contributed by atoms with Crippen LogP contribution in [-0.4, -0.2) is 14.8 Å². The summed E-state index contributed by atoms with van der Waals surface area (Å²) in [4.78, 5) is 0. The molecule has 2 rings (SSSR count). The number of nitrogens with zero attached hydrogens (tertiary/aromatic N) is 3. The molecule has 0 fully saturated rings. The molecule has 0 atom stereocenters. The number of aromatic nitrogens is 3. The van der Waals surface area contributed by atoms with E-state index in [9.17, 15) is 0 Å². The fraction of sp³-hybridized carbons (Fsp3) is 0. The third kappa shape index (κ3) is 1.49. The van der Waals surface area contributed by atoms with Crippen molar-refractivity contribution in [3.8, 4) is 5.69 Å². The molecule has 0 bridgehead atoms. The summed E-state index contributed by atoms with van der Waals surface area (Å²) in [5.41, 5.74) is 2.16. The van der Waals surface area contributed by atoms with Gasteiger partial charge in [0.1, 0.15) is 12.7 Å². The molecule has 0 aliphatic heterocycles. The maximum Gasteiger partial charge on any atom is 0.123 e. The first-order valence-corrected chi connectivity index (χ1v) is 3.97. The third-order valence-electron chi connectivity index (χ3n) is 1.85. The fourth-order valence-electron chi connectivity index (χ4n) is 1.12. The van der Waals surface area contributed by atoms with Crippen molar-refractivity contribution >= 4 is 6.08 Å². The van der Waals surface area contributed by atoms with Crippen molar-refractivity contribution in [3.05, 3.63) is 49.1 Å². The molecule has 64 valence electrons. The minimum atomic E-state index is 1.05. The van der Waals surface area contributed by atoms with Crippen LogP contribution in [0.2, 0.25) is 0 Å². The summed E-state index contributed by atoms with van der Waals surface area (Å²) in [5, 5.41) is 7.47. The second-order valence-electron chi connectivity index (χ2n) is 2.66. The smallest absolute Gasteiger partial charge is 0.123 e. The van der Waals surface area contributed by atoms with Crippen molar-refractivity contribution < 1.29 is 0 Å². The summed E-state index contributed by atoms with van der Waals surface area (Å²) in [6, 6.07) is 8.01. The van der Waals surface area contributed by atoms with Crippen LogP contribution in [0, 0.1) is 0 Å². The largest absolute Gasteiger partial charge is 0.288 e. The highest BCUT2D eigenvalue weighted by molar-refractivity contribution is 5.49. The van der Waals surface area contributed by atoms with Crippen LogP contribution in [0.15, 0.2) is 43.5 Å². The first-order chi connectivity index (χ1) is 6.40. The second-order valence-corrected chi connectivity index (χ2v) is 2.66. The predicted octanol–water partition coefficient (Wildman–Crippen LogP) is 1.91. The average Bonchev–Trinajstić information content (AvgIpc) is 2.71. The lowest BCUT2D eigenvalue weighted by atomic mass is 10.2. The summed E-state index contributed by atoms with van der Waals surface area (Å²) >= 11 is 0. The predicted molar refractivity (Wildman–Crippen MR) is 51.5 cm³/mol. The number of hydrogen-bond donors (Lipinski definition) is 0. The van der Waals surface area contributed by atoms with Crippen molar-refractivity contribution in [1.82, 2.24) is 14.8 Å². The van der Waals surface area contributed by atoms with Gasteiger partial charge in [-0.25, -0.2) is 0 Å². The van der Waals surface area contributed by atoms with Crippen LogP contribution in [0.5, 0.6) is 0 Å². The van der Waals surface area contributed by atoms with Gasteiger partial charge in [0, 0.05) is 5.69 Å². The van der Waals surface area contributed by atoms with Gasteiger partial charge in [0.2, 0.25) is 0 Å². The molecule has 13 heavy (non-hydrogen) atoms. The van der Waals surface area contributed by atoms with Gasteiger partial charge in [0.05, 0.1) is 0 Å². The van der Waals surface area contributed by atoms with E-state index in [-0.39, 0.29) is 0 Å². The summed E-state index contributed by atoms with van der Waals surface area (Å²) < 4.78 is 1.85.